The molecule has 4 heterocycles. The largest absolute Gasteiger partial charge is 0.309 e. The Balaban J connectivity index is 1.27. The van der Waals surface area contributed by atoms with Gasteiger partial charge in [0.15, 0.2) is 11.6 Å². The van der Waals surface area contributed by atoms with Crippen molar-refractivity contribution in [2.75, 3.05) is 0 Å². The minimum atomic E-state index is 0.519. The van der Waals surface area contributed by atoms with E-state index in [0.717, 1.165) is 55.4 Å². The van der Waals surface area contributed by atoms with Gasteiger partial charge in [-0.3, -0.25) is 4.57 Å². The van der Waals surface area contributed by atoms with E-state index in [1.165, 1.54) is 16.3 Å². The molecule has 6 aromatic carbocycles. The third-order valence-electron chi connectivity index (χ3n) is 9.44. The lowest BCUT2D eigenvalue weighted by Gasteiger charge is -2.13. The predicted molar refractivity (Wildman–Crippen MR) is 203 cm³/mol. The quantitative estimate of drug-likeness (QED) is 0.188. The molecule has 6 heteroatoms. The van der Waals surface area contributed by atoms with Gasteiger partial charge in [-0.05, 0) is 42.0 Å². The van der Waals surface area contributed by atoms with Gasteiger partial charge in [0.25, 0.3) is 0 Å². The highest BCUT2D eigenvalue weighted by Gasteiger charge is 2.21. The van der Waals surface area contributed by atoms with Gasteiger partial charge in [-0.25, -0.2) is 9.97 Å². The van der Waals surface area contributed by atoms with Crippen LogP contribution in [-0.2, 0) is 0 Å². The number of aromatic nitrogens is 6. The molecule has 0 amide bonds. The molecular formula is C44H28N6. The fourth-order valence-electron chi connectivity index (χ4n) is 7.21. The summed E-state index contributed by atoms with van der Waals surface area (Å²) in [4.78, 5) is 20.0. The second kappa shape index (κ2) is 11.4. The molecule has 0 aliphatic carbocycles. The van der Waals surface area contributed by atoms with Gasteiger partial charge in [-0.15, -0.1) is 0 Å². The highest BCUT2D eigenvalue weighted by atomic mass is 15.2. The predicted octanol–water partition coefficient (Wildman–Crippen LogP) is 10.5. The molecule has 10 aromatic rings. The lowest BCUT2D eigenvalue weighted by molar-refractivity contribution is 0.944. The SMILES string of the molecule is c1ccc(-c2nc(-c3ccccc3)nc(-n3c4cc(-c5cccc6c7ccccc7n(-c7ccccc7)c56)ccc4c4cccnc43)n2)cc1. The fraction of sp³-hybridized carbons (Fsp3) is 0. The van der Waals surface area contributed by atoms with Crippen molar-refractivity contribution in [3.63, 3.8) is 0 Å². The molecule has 0 N–H and O–H groups in total. The third kappa shape index (κ3) is 4.43. The van der Waals surface area contributed by atoms with Gasteiger partial charge in [0.1, 0.15) is 5.65 Å². The Kier molecular flexibility index (Phi) is 6.39. The molecule has 0 aliphatic rings. The molecule has 0 saturated heterocycles. The Hall–Kier alpha value is -6.92. The number of hydrogen-bond acceptors (Lipinski definition) is 4. The number of hydrogen-bond donors (Lipinski definition) is 0. The molecule has 234 valence electrons. The number of para-hydroxylation sites is 3. The summed E-state index contributed by atoms with van der Waals surface area (Å²) in [5.74, 6) is 1.73. The van der Waals surface area contributed by atoms with Crippen LogP contribution in [0.25, 0.3) is 89.3 Å². The number of pyridine rings is 1. The van der Waals surface area contributed by atoms with Crippen LogP contribution in [0, 0.1) is 0 Å². The van der Waals surface area contributed by atoms with Gasteiger partial charge in [0.2, 0.25) is 5.95 Å². The van der Waals surface area contributed by atoms with E-state index in [2.05, 4.69) is 106 Å². The molecule has 0 aliphatic heterocycles. The van der Waals surface area contributed by atoms with Gasteiger partial charge in [-0.1, -0.05) is 127 Å². The normalized spacial score (nSPS) is 11.6. The topological polar surface area (TPSA) is 61.4 Å². The van der Waals surface area contributed by atoms with Crippen LogP contribution < -0.4 is 0 Å². The van der Waals surface area contributed by atoms with Crippen molar-refractivity contribution in [3.8, 4) is 45.5 Å². The van der Waals surface area contributed by atoms with Gasteiger partial charge < -0.3 is 4.57 Å². The molecule has 10 rings (SSSR count). The van der Waals surface area contributed by atoms with Crippen molar-refractivity contribution in [3.05, 3.63) is 170 Å². The van der Waals surface area contributed by atoms with E-state index in [9.17, 15) is 0 Å². The zero-order valence-corrected chi connectivity index (χ0v) is 26.8. The number of nitrogens with zero attached hydrogens (tertiary/aromatic N) is 6. The van der Waals surface area contributed by atoms with Crippen molar-refractivity contribution in [2.45, 2.75) is 0 Å². The van der Waals surface area contributed by atoms with Crippen molar-refractivity contribution in [2.24, 2.45) is 0 Å². The minimum Gasteiger partial charge on any atom is -0.309 e. The summed E-state index contributed by atoms with van der Waals surface area (Å²) >= 11 is 0. The van der Waals surface area contributed by atoms with Gasteiger partial charge in [-0.2, -0.15) is 9.97 Å². The standard InChI is InChI=1S/C44H28N6/c1-4-14-29(15-5-1)41-46-42(30-16-6-2-7-17-30)48-44(47-41)50-39-28-31(25-26-35(39)37-23-13-27-45-43(37)50)33-21-12-22-36-34-20-10-11-24-38(34)49(40(33)36)32-18-8-3-9-19-32/h1-28H. The van der Waals surface area contributed by atoms with E-state index in [0.29, 0.717) is 17.6 Å². The maximum Gasteiger partial charge on any atom is 0.240 e. The lowest BCUT2D eigenvalue weighted by Crippen LogP contribution is -2.07. The van der Waals surface area contributed by atoms with E-state index in [-0.39, 0.29) is 0 Å². The van der Waals surface area contributed by atoms with Gasteiger partial charge >= 0.3 is 0 Å². The van der Waals surface area contributed by atoms with Crippen LogP contribution in [0.4, 0.5) is 0 Å². The van der Waals surface area contributed by atoms with Crippen LogP contribution in [0.5, 0.6) is 0 Å². The van der Waals surface area contributed by atoms with Crippen molar-refractivity contribution >= 4 is 43.7 Å². The summed E-state index contributed by atoms with van der Waals surface area (Å²) in [6.07, 6.45) is 1.83. The minimum absolute atomic E-state index is 0.519. The Labute approximate surface area is 287 Å². The number of fused-ring (bicyclic) bond motifs is 6. The molecule has 50 heavy (non-hydrogen) atoms. The van der Waals surface area contributed by atoms with E-state index in [1.54, 1.807) is 0 Å². The van der Waals surface area contributed by atoms with Crippen LogP contribution in [0.3, 0.4) is 0 Å². The molecule has 0 radical (unpaired) electrons. The van der Waals surface area contributed by atoms with E-state index >= 15 is 0 Å². The summed E-state index contributed by atoms with van der Waals surface area (Å²) < 4.78 is 4.47. The van der Waals surface area contributed by atoms with Crippen LogP contribution in [0.2, 0.25) is 0 Å². The van der Waals surface area contributed by atoms with Crippen molar-refractivity contribution < 1.29 is 0 Å². The zero-order valence-electron chi connectivity index (χ0n) is 26.8. The highest BCUT2D eigenvalue weighted by molar-refractivity contribution is 6.15. The molecule has 0 bridgehead atoms. The Bertz CT molecular complexity index is 2800. The van der Waals surface area contributed by atoms with Crippen LogP contribution in [0.1, 0.15) is 0 Å². The van der Waals surface area contributed by atoms with E-state index in [4.69, 9.17) is 19.9 Å². The summed E-state index contributed by atoms with van der Waals surface area (Å²) in [6.45, 7) is 0. The second-order valence-corrected chi connectivity index (χ2v) is 12.3. The highest BCUT2D eigenvalue weighted by Crippen LogP contribution is 2.40. The Morgan fingerprint density at radius 3 is 1.76 bits per heavy atom. The molecule has 0 fully saturated rings. The van der Waals surface area contributed by atoms with Crippen LogP contribution >= 0.6 is 0 Å². The smallest absolute Gasteiger partial charge is 0.240 e. The van der Waals surface area contributed by atoms with Crippen LogP contribution in [-0.4, -0.2) is 29.1 Å². The Morgan fingerprint density at radius 1 is 0.400 bits per heavy atom. The molecule has 0 unspecified atom stereocenters. The van der Waals surface area contributed by atoms with Crippen molar-refractivity contribution in [1.82, 2.24) is 29.1 Å². The summed E-state index contributed by atoms with van der Waals surface area (Å²) in [7, 11) is 0. The maximum atomic E-state index is 5.10. The zero-order chi connectivity index (χ0) is 33.0. The molecule has 4 aromatic heterocycles. The van der Waals surface area contributed by atoms with Gasteiger partial charge in [0.05, 0.1) is 16.6 Å². The molecule has 0 saturated carbocycles. The first-order chi connectivity index (χ1) is 24.8. The third-order valence-corrected chi connectivity index (χ3v) is 9.44. The molecule has 0 spiro atoms. The number of rotatable bonds is 5. The van der Waals surface area contributed by atoms with Gasteiger partial charge in [0, 0.05) is 50.1 Å². The fourth-order valence-corrected chi connectivity index (χ4v) is 7.21. The van der Waals surface area contributed by atoms with E-state index in [1.807, 2.05) is 72.9 Å². The first kappa shape index (κ1) is 28.1. The average molecular weight is 641 g/mol. The summed E-state index contributed by atoms with van der Waals surface area (Å²) in [6, 6.07) is 56.8. The molecule has 0 atom stereocenters. The first-order valence-electron chi connectivity index (χ1n) is 16.7. The second-order valence-electron chi connectivity index (χ2n) is 12.3. The Morgan fingerprint density at radius 2 is 1.02 bits per heavy atom. The average Bonchev–Trinajstić information content (AvgIpc) is 3.71. The van der Waals surface area contributed by atoms with E-state index < -0.39 is 0 Å². The summed E-state index contributed by atoms with van der Waals surface area (Å²) in [5, 5.41) is 4.55. The van der Waals surface area contributed by atoms with Crippen LogP contribution in [0.15, 0.2) is 170 Å². The molecule has 6 nitrogen and oxygen atoms in total. The maximum absolute atomic E-state index is 5.10. The molecular weight excluding hydrogens is 613 g/mol. The first-order valence-corrected chi connectivity index (χ1v) is 16.7. The van der Waals surface area contributed by atoms with Crippen molar-refractivity contribution in [1.29, 1.82) is 0 Å². The monoisotopic (exact) mass is 640 g/mol. The number of benzene rings is 6. The summed E-state index contributed by atoms with van der Waals surface area (Å²) in [5.41, 5.74) is 9.29. The lowest BCUT2D eigenvalue weighted by atomic mass is 10.0.